The third-order valence-corrected chi connectivity index (χ3v) is 3.11. The Labute approximate surface area is 111 Å². The molecule has 1 aromatic heterocycles. The minimum atomic E-state index is -0.346. The summed E-state index contributed by atoms with van der Waals surface area (Å²) in [6.45, 7) is 3.79. The highest BCUT2D eigenvalue weighted by atomic mass is 35.5. The van der Waals surface area contributed by atoms with Gasteiger partial charge in [0.15, 0.2) is 0 Å². The van der Waals surface area contributed by atoms with Gasteiger partial charge >= 0.3 is 5.97 Å². The van der Waals surface area contributed by atoms with E-state index in [1.165, 1.54) is 6.07 Å². The van der Waals surface area contributed by atoms with Crippen LogP contribution in [0.3, 0.4) is 0 Å². The molecule has 98 valence electrons. The molecule has 1 aromatic rings. The van der Waals surface area contributed by atoms with Crippen molar-refractivity contribution in [2.24, 2.45) is 5.92 Å². The largest absolute Gasteiger partial charge is 0.462 e. The zero-order chi connectivity index (χ0) is 13.0. The van der Waals surface area contributed by atoms with Crippen molar-refractivity contribution in [1.82, 2.24) is 4.98 Å². The number of hydrogen-bond donors (Lipinski definition) is 0. The first-order chi connectivity index (χ1) is 8.69. The molecule has 1 atom stereocenters. The first-order valence-electron chi connectivity index (χ1n) is 6.10. The zero-order valence-corrected chi connectivity index (χ0v) is 11.1. The molecule has 0 spiro atoms. The van der Waals surface area contributed by atoms with E-state index in [0.29, 0.717) is 29.8 Å². The van der Waals surface area contributed by atoms with E-state index in [9.17, 15) is 4.79 Å². The highest BCUT2D eigenvalue weighted by Crippen LogP contribution is 2.15. The third kappa shape index (κ3) is 3.43. The topological polar surface area (TPSA) is 48.4 Å². The minimum Gasteiger partial charge on any atom is -0.462 e. The standard InChI is InChI=1S/C13H16ClNO3/c1-2-11-5-10(6-12(14)15-11)13(16)18-8-9-3-4-17-7-9/h5-6,9H,2-4,7-8H2,1H3. The number of rotatable bonds is 4. The van der Waals surface area contributed by atoms with Crippen molar-refractivity contribution < 1.29 is 14.3 Å². The Morgan fingerprint density at radius 2 is 2.44 bits per heavy atom. The van der Waals surface area contributed by atoms with Crippen molar-refractivity contribution in [2.75, 3.05) is 19.8 Å². The number of halogens is 1. The van der Waals surface area contributed by atoms with Crippen molar-refractivity contribution in [3.05, 3.63) is 28.5 Å². The third-order valence-electron chi connectivity index (χ3n) is 2.92. The smallest absolute Gasteiger partial charge is 0.338 e. The summed E-state index contributed by atoms with van der Waals surface area (Å²) in [5, 5.41) is 0.325. The van der Waals surface area contributed by atoms with Gasteiger partial charge in [-0.15, -0.1) is 0 Å². The van der Waals surface area contributed by atoms with E-state index in [-0.39, 0.29) is 5.97 Å². The molecule has 0 aliphatic carbocycles. The second-order valence-electron chi connectivity index (χ2n) is 4.35. The summed E-state index contributed by atoms with van der Waals surface area (Å²) in [5.41, 5.74) is 1.25. The number of carbonyl (C=O) groups is 1. The van der Waals surface area contributed by atoms with E-state index in [2.05, 4.69) is 4.98 Å². The van der Waals surface area contributed by atoms with Crippen molar-refractivity contribution >= 4 is 17.6 Å². The molecule has 5 heteroatoms. The Morgan fingerprint density at radius 3 is 3.11 bits per heavy atom. The summed E-state index contributed by atoms with van der Waals surface area (Å²) >= 11 is 5.86. The van der Waals surface area contributed by atoms with E-state index in [1.54, 1.807) is 6.07 Å². The van der Waals surface area contributed by atoms with E-state index in [0.717, 1.165) is 25.1 Å². The molecule has 1 saturated heterocycles. The van der Waals surface area contributed by atoms with Gasteiger partial charge in [0.2, 0.25) is 0 Å². The molecule has 0 aromatic carbocycles. The average molecular weight is 270 g/mol. The highest BCUT2D eigenvalue weighted by molar-refractivity contribution is 6.29. The first-order valence-corrected chi connectivity index (χ1v) is 6.48. The van der Waals surface area contributed by atoms with Gasteiger partial charge in [-0.25, -0.2) is 9.78 Å². The molecule has 2 heterocycles. The maximum absolute atomic E-state index is 11.9. The van der Waals surface area contributed by atoms with Crippen LogP contribution in [0.25, 0.3) is 0 Å². The number of aryl methyl sites for hydroxylation is 1. The van der Waals surface area contributed by atoms with Crippen LogP contribution in [-0.4, -0.2) is 30.8 Å². The lowest BCUT2D eigenvalue weighted by atomic mass is 10.1. The Hall–Kier alpha value is -1.13. The Balaban J connectivity index is 1.97. The fourth-order valence-electron chi connectivity index (χ4n) is 1.84. The normalized spacial score (nSPS) is 18.9. The molecule has 2 rings (SSSR count). The van der Waals surface area contributed by atoms with Gasteiger partial charge < -0.3 is 9.47 Å². The molecule has 1 aliphatic rings. The fourth-order valence-corrected chi connectivity index (χ4v) is 2.07. The van der Waals surface area contributed by atoms with Gasteiger partial charge in [0.1, 0.15) is 5.15 Å². The van der Waals surface area contributed by atoms with Crippen LogP contribution in [-0.2, 0) is 15.9 Å². The number of pyridine rings is 1. The van der Waals surface area contributed by atoms with Crippen LogP contribution in [0.1, 0.15) is 29.4 Å². The lowest BCUT2D eigenvalue weighted by Gasteiger charge is -2.09. The van der Waals surface area contributed by atoms with Gasteiger partial charge in [-0.05, 0) is 25.0 Å². The lowest BCUT2D eigenvalue weighted by Crippen LogP contribution is -2.14. The number of carbonyl (C=O) groups excluding carboxylic acids is 1. The van der Waals surface area contributed by atoms with Crippen molar-refractivity contribution in [3.8, 4) is 0 Å². The van der Waals surface area contributed by atoms with Crippen LogP contribution in [0.5, 0.6) is 0 Å². The minimum absolute atomic E-state index is 0.317. The summed E-state index contributed by atoms with van der Waals surface area (Å²) in [4.78, 5) is 16.0. The van der Waals surface area contributed by atoms with Gasteiger partial charge in [0, 0.05) is 18.2 Å². The molecular weight excluding hydrogens is 254 g/mol. The van der Waals surface area contributed by atoms with E-state index < -0.39 is 0 Å². The summed E-state index contributed by atoms with van der Waals surface area (Å²) in [7, 11) is 0. The van der Waals surface area contributed by atoms with Crippen molar-refractivity contribution in [3.63, 3.8) is 0 Å². The molecule has 0 radical (unpaired) electrons. The van der Waals surface area contributed by atoms with Gasteiger partial charge in [0.25, 0.3) is 0 Å². The highest BCUT2D eigenvalue weighted by Gasteiger charge is 2.18. The van der Waals surface area contributed by atoms with E-state index in [4.69, 9.17) is 21.1 Å². The lowest BCUT2D eigenvalue weighted by molar-refractivity contribution is 0.0428. The molecule has 0 bridgehead atoms. The summed E-state index contributed by atoms with van der Waals surface area (Å²) < 4.78 is 10.5. The molecule has 18 heavy (non-hydrogen) atoms. The predicted molar refractivity (Wildman–Crippen MR) is 67.8 cm³/mol. The Morgan fingerprint density at radius 1 is 1.61 bits per heavy atom. The Bertz CT molecular complexity index is 430. The molecule has 0 saturated carbocycles. The van der Waals surface area contributed by atoms with Gasteiger partial charge in [0.05, 0.1) is 18.8 Å². The number of nitrogens with zero attached hydrogens (tertiary/aromatic N) is 1. The molecule has 4 nitrogen and oxygen atoms in total. The van der Waals surface area contributed by atoms with Crippen molar-refractivity contribution in [1.29, 1.82) is 0 Å². The predicted octanol–water partition coefficient (Wildman–Crippen LogP) is 2.49. The fraction of sp³-hybridized carbons (Fsp3) is 0.538. The van der Waals surface area contributed by atoms with Crippen LogP contribution >= 0.6 is 11.6 Å². The van der Waals surface area contributed by atoms with Crippen LogP contribution in [0.4, 0.5) is 0 Å². The molecule has 1 fully saturated rings. The number of aromatic nitrogens is 1. The quantitative estimate of drug-likeness (QED) is 0.622. The summed E-state index contributed by atoms with van der Waals surface area (Å²) in [6.07, 6.45) is 1.68. The van der Waals surface area contributed by atoms with Gasteiger partial charge in [-0.2, -0.15) is 0 Å². The number of esters is 1. The van der Waals surface area contributed by atoms with Gasteiger partial charge in [-0.3, -0.25) is 0 Å². The molecule has 1 unspecified atom stereocenters. The first kappa shape index (κ1) is 13.3. The Kier molecular flexibility index (Phi) is 4.55. The van der Waals surface area contributed by atoms with Crippen LogP contribution in [0.15, 0.2) is 12.1 Å². The maximum atomic E-state index is 11.9. The second kappa shape index (κ2) is 6.16. The molecular formula is C13H16ClNO3. The second-order valence-corrected chi connectivity index (χ2v) is 4.74. The van der Waals surface area contributed by atoms with Crippen LogP contribution in [0.2, 0.25) is 5.15 Å². The van der Waals surface area contributed by atoms with Crippen LogP contribution < -0.4 is 0 Å². The van der Waals surface area contributed by atoms with Crippen molar-refractivity contribution in [2.45, 2.75) is 19.8 Å². The van der Waals surface area contributed by atoms with E-state index >= 15 is 0 Å². The zero-order valence-electron chi connectivity index (χ0n) is 10.3. The van der Waals surface area contributed by atoms with Crippen LogP contribution in [0, 0.1) is 5.92 Å². The SMILES string of the molecule is CCc1cc(C(=O)OCC2CCOC2)cc(Cl)n1. The molecule has 1 aliphatic heterocycles. The average Bonchev–Trinajstić information content (AvgIpc) is 2.88. The maximum Gasteiger partial charge on any atom is 0.338 e. The summed E-state index contributed by atoms with van der Waals surface area (Å²) in [6, 6.07) is 3.26. The molecule has 0 amide bonds. The summed E-state index contributed by atoms with van der Waals surface area (Å²) in [5.74, 6) is -0.0298. The number of hydrogen-bond acceptors (Lipinski definition) is 4. The molecule has 0 N–H and O–H groups in total. The van der Waals surface area contributed by atoms with E-state index in [1.807, 2.05) is 6.92 Å². The monoisotopic (exact) mass is 269 g/mol. The van der Waals surface area contributed by atoms with Gasteiger partial charge in [-0.1, -0.05) is 18.5 Å². The number of ether oxygens (including phenoxy) is 2.